The largest absolute Gasteiger partial charge is 0.497 e. The first-order chi connectivity index (χ1) is 16.3. The van der Waals surface area contributed by atoms with E-state index in [4.69, 9.17) is 14.2 Å². The number of nitrogens with one attached hydrogen (secondary N) is 1. The number of β-amino-alcohol motifs (C(OH)–C–C–N with tert-alkyl or cyclic N) is 1. The summed E-state index contributed by atoms with van der Waals surface area (Å²) in [6, 6.07) is 13.1. The molecule has 0 amide bonds. The number of aliphatic hydroxyl groups is 1. The molecule has 34 heavy (non-hydrogen) atoms. The number of nitrogens with zero attached hydrogens (tertiary/aromatic N) is 2. The number of ether oxygens (including phenoxy) is 3. The molecule has 2 aromatic rings. The molecular weight excluding hydrogens is 458 g/mol. The molecule has 3 aliphatic rings. The molecule has 9 nitrogen and oxygen atoms in total. The van der Waals surface area contributed by atoms with Crippen LogP contribution in [0.15, 0.2) is 47.4 Å². The molecule has 2 aromatic carbocycles. The minimum Gasteiger partial charge on any atom is -0.497 e. The predicted molar refractivity (Wildman–Crippen MR) is 127 cm³/mol. The van der Waals surface area contributed by atoms with Crippen molar-refractivity contribution in [2.45, 2.75) is 29.2 Å². The Labute approximate surface area is 200 Å². The van der Waals surface area contributed by atoms with Crippen LogP contribution in [0.3, 0.4) is 0 Å². The summed E-state index contributed by atoms with van der Waals surface area (Å²) in [7, 11) is -0.323. The third kappa shape index (κ3) is 4.66. The molecule has 0 unspecified atom stereocenters. The molecule has 5 rings (SSSR count). The lowest BCUT2D eigenvalue weighted by Gasteiger charge is -2.34. The first kappa shape index (κ1) is 23.5. The Morgan fingerprint density at radius 1 is 1.09 bits per heavy atom. The zero-order valence-electron chi connectivity index (χ0n) is 19.4. The van der Waals surface area contributed by atoms with Crippen LogP contribution in [0, 0.1) is 0 Å². The van der Waals surface area contributed by atoms with Gasteiger partial charge in [-0.1, -0.05) is 18.2 Å². The lowest BCUT2D eigenvalue weighted by atomic mass is 10.1. The fraction of sp³-hybridized carbons (Fsp3) is 0.500. The minimum absolute atomic E-state index is 0.00406. The quantitative estimate of drug-likeness (QED) is 0.653. The van der Waals surface area contributed by atoms with Crippen molar-refractivity contribution in [2.24, 2.45) is 0 Å². The van der Waals surface area contributed by atoms with E-state index in [0.717, 1.165) is 17.7 Å². The average Bonchev–Trinajstić information content (AvgIpc) is 3.18. The molecule has 184 valence electrons. The van der Waals surface area contributed by atoms with Crippen molar-refractivity contribution in [2.75, 3.05) is 53.6 Å². The second-order valence-electron chi connectivity index (χ2n) is 9.21. The van der Waals surface area contributed by atoms with Crippen LogP contribution in [0.1, 0.15) is 0 Å². The van der Waals surface area contributed by atoms with Crippen molar-refractivity contribution in [3.8, 4) is 22.6 Å². The van der Waals surface area contributed by atoms with Crippen LogP contribution < -0.4 is 14.2 Å². The van der Waals surface area contributed by atoms with Crippen LogP contribution in [0.4, 0.5) is 0 Å². The molecule has 2 N–H and O–H groups in total. The standard InChI is InChI=1S/C24H31N3O6S/c1-26-11-19(28)10-25-34(29,30)24-7-6-17(16-4-3-5-20(8-16)31-2)9-22(24)33-23-13-27(12-21(23)26)18-14-32-15-18/h3-9,18-19,21,23,25,28H,10-15H2,1-2H3/t19-,21+,23-/m0/s1. The first-order valence-corrected chi connectivity index (χ1v) is 13.0. The number of likely N-dealkylation sites (tertiary alicyclic amines) is 1. The van der Waals surface area contributed by atoms with E-state index in [0.29, 0.717) is 43.8 Å². The SMILES string of the molecule is COc1cccc(-c2ccc3c(c2)O[C@H]2CN(C4COC4)C[C@H]2N(C)C[C@@H](O)CNS3(=O)=O)c1. The Morgan fingerprint density at radius 3 is 2.62 bits per heavy atom. The zero-order valence-corrected chi connectivity index (χ0v) is 20.2. The topological polar surface area (TPSA) is 101 Å². The fourth-order valence-electron chi connectivity index (χ4n) is 4.84. The highest BCUT2D eigenvalue weighted by Crippen LogP contribution is 2.34. The molecule has 0 bridgehead atoms. The lowest BCUT2D eigenvalue weighted by molar-refractivity contribution is -0.0601. The summed E-state index contributed by atoms with van der Waals surface area (Å²) in [5, 5.41) is 10.5. The summed E-state index contributed by atoms with van der Waals surface area (Å²) >= 11 is 0. The molecular formula is C24H31N3O6S. The highest BCUT2D eigenvalue weighted by atomic mass is 32.2. The van der Waals surface area contributed by atoms with Gasteiger partial charge in [0, 0.05) is 26.2 Å². The van der Waals surface area contributed by atoms with Crippen LogP contribution in [-0.4, -0.2) is 101 Å². The Balaban J connectivity index is 1.55. The van der Waals surface area contributed by atoms with Crippen molar-refractivity contribution in [1.29, 1.82) is 0 Å². The average molecular weight is 490 g/mol. The summed E-state index contributed by atoms with van der Waals surface area (Å²) in [6.45, 7) is 3.10. The van der Waals surface area contributed by atoms with E-state index >= 15 is 0 Å². The molecule has 0 radical (unpaired) electrons. The van der Waals surface area contributed by atoms with Crippen LogP contribution in [-0.2, 0) is 14.8 Å². The number of hydrogen-bond acceptors (Lipinski definition) is 8. The Kier molecular flexibility index (Phi) is 6.54. The van der Waals surface area contributed by atoms with Gasteiger partial charge in [0.2, 0.25) is 10.0 Å². The van der Waals surface area contributed by atoms with Gasteiger partial charge in [-0.15, -0.1) is 0 Å². The van der Waals surface area contributed by atoms with Gasteiger partial charge in [0.25, 0.3) is 0 Å². The minimum atomic E-state index is -3.88. The smallest absolute Gasteiger partial charge is 0.244 e. The molecule has 3 heterocycles. The summed E-state index contributed by atoms with van der Waals surface area (Å²) in [4.78, 5) is 4.48. The highest BCUT2D eigenvalue weighted by molar-refractivity contribution is 7.89. The summed E-state index contributed by atoms with van der Waals surface area (Å²) in [5.74, 6) is 1.02. The van der Waals surface area contributed by atoms with Crippen LogP contribution in [0.5, 0.6) is 11.5 Å². The number of methoxy groups -OCH3 is 1. The van der Waals surface area contributed by atoms with Gasteiger partial charge >= 0.3 is 0 Å². The van der Waals surface area contributed by atoms with E-state index in [1.54, 1.807) is 25.3 Å². The maximum Gasteiger partial charge on any atom is 0.244 e. The monoisotopic (exact) mass is 489 g/mol. The van der Waals surface area contributed by atoms with Crippen molar-refractivity contribution < 1.29 is 27.7 Å². The molecule has 0 aliphatic carbocycles. The number of benzene rings is 2. The molecule has 0 saturated carbocycles. The zero-order chi connectivity index (χ0) is 23.9. The summed E-state index contributed by atoms with van der Waals surface area (Å²) in [6.07, 6.45) is -1.09. The van der Waals surface area contributed by atoms with E-state index in [9.17, 15) is 13.5 Å². The number of hydrogen-bond donors (Lipinski definition) is 2. The third-order valence-corrected chi connectivity index (χ3v) is 8.35. The van der Waals surface area contributed by atoms with E-state index in [1.807, 2.05) is 31.3 Å². The highest BCUT2D eigenvalue weighted by Gasteiger charge is 2.43. The molecule has 0 aromatic heterocycles. The normalized spacial score (nSPS) is 28.1. The van der Waals surface area contributed by atoms with Gasteiger partial charge in [-0.2, -0.15) is 0 Å². The number of fused-ring (bicyclic) bond motifs is 2. The molecule has 10 heteroatoms. The fourth-order valence-corrected chi connectivity index (χ4v) is 6.03. The molecule has 2 fully saturated rings. The number of rotatable bonds is 3. The molecule has 3 atom stereocenters. The molecule has 3 aliphatic heterocycles. The van der Waals surface area contributed by atoms with E-state index < -0.39 is 16.1 Å². The van der Waals surface area contributed by atoms with Gasteiger partial charge in [-0.25, -0.2) is 13.1 Å². The summed E-state index contributed by atoms with van der Waals surface area (Å²) in [5.41, 5.74) is 1.73. The summed E-state index contributed by atoms with van der Waals surface area (Å²) < 4.78 is 46.1. The van der Waals surface area contributed by atoms with Gasteiger partial charge < -0.3 is 19.3 Å². The van der Waals surface area contributed by atoms with E-state index in [2.05, 4.69) is 14.5 Å². The van der Waals surface area contributed by atoms with Gasteiger partial charge in [0.05, 0.1) is 38.5 Å². The Bertz CT molecular complexity index is 1140. The van der Waals surface area contributed by atoms with Crippen molar-refractivity contribution in [3.63, 3.8) is 0 Å². The third-order valence-electron chi connectivity index (χ3n) is 6.89. The van der Waals surface area contributed by atoms with Gasteiger partial charge in [0.15, 0.2) is 0 Å². The van der Waals surface area contributed by atoms with Crippen LogP contribution in [0.25, 0.3) is 11.1 Å². The Hall–Kier alpha value is -2.21. The van der Waals surface area contributed by atoms with Crippen molar-refractivity contribution in [3.05, 3.63) is 42.5 Å². The predicted octanol–water partition coefficient (Wildman–Crippen LogP) is 0.777. The van der Waals surface area contributed by atoms with Crippen molar-refractivity contribution >= 4 is 10.0 Å². The Morgan fingerprint density at radius 2 is 1.88 bits per heavy atom. The van der Waals surface area contributed by atoms with Gasteiger partial charge in [-0.05, 0) is 42.4 Å². The lowest BCUT2D eigenvalue weighted by Crippen LogP contribution is -2.49. The molecule has 2 saturated heterocycles. The number of likely N-dealkylation sites (N-methyl/N-ethyl adjacent to an activating group) is 1. The second-order valence-corrected chi connectivity index (χ2v) is 10.9. The first-order valence-electron chi connectivity index (χ1n) is 11.5. The van der Waals surface area contributed by atoms with Crippen LogP contribution >= 0.6 is 0 Å². The van der Waals surface area contributed by atoms with Gasteiger partial charge in [0.1, 0.15) is 22.5 Å². The van der Waals surface area contributed by atoms with E-state index in [1.165, 1.54) is 0 Å². The van der Waals surface area contributed by atoms with Crippen LogP contribution in [0.2, 0.25) is 0 Å². The maximum atomic E-state index is 13.2. The van der Waals surface area contributed by atoms with Gasteiger partial charge in [-0.3, -0.25) is 9.80 Å². The second kappa shape index (κ2) is 9.44. The number of aliphatic hydroxyl groups excluding tert-OH is 1. The number of sulfonamides is 1. The van der Waals surface area contributed by atoms with Crippen molar-refractivity contribution in [1.82, 2.24) is 14.5 Å². The van der Waals surface area contributed by atoms with E-state index in [-0.39, 0.29) is 23.6 Å². The maximum absolute atomic E-state index is 13.2. The molecule has 0 spiro atoms.